The fraction of sp³-hybridized carbons (Fsp3) is 0.529. The molecule has 2 aliphatic rings. The molecule has 0 radical (unpaired) electrons. The van der Waals surface area contributed by atoms with Gasteiger partial charge in [0.25, 0.3) is 0 Å². The Bertz CT molecular complexity index is 572. The standard InChI is InChI=1S/C17H22FN3O2/c18-14-4-6-15(7-5-14)19-16(22)12-20-8-1-9-21(11-10-20)17(23)13-2-3-13/h4-7,13H,1-3,8-12H2,(H,19,22). The first kappa shape index (κ1) is 15.9. The summed E-state index contributed by atoms with van der Waals surface area (Å²) in [5.41, 5.74) is 0.594. The first-order valence-corrected chi connectivity index (χ1v) is 8.18. The molecule has 1 aromatic rings. The molecule has 1 aliphatic heterocycles. The second-order valence-corrected chi connectivity index (χ2v) is 6.28. The Hall–Kier alpha value is -1.95. The van der Waals surface area contributed by atoms with Crippen molar-refractivity contribution >= 4 is 17.5 Å². The summed E-state index contributed by atoms with van der Waals surface area (Å²) in [6.45, 7) is 3.30. The largest absolute Gasteiger partial charge is 0.341 e. The predicted molar refractivity (Wildman–Crippen MR) is 85.4 cm³/mol. The summed E-state index contributed by atoms with van der Waals surface area (Å²) < 4.78 is 12.9. The number of rotatable bonds is 4. The van der Waals surface area contributed by atoms with Gasteiger partial charge in [-0.2, -0.15) is 0 Å². The van der Waals surface area contributed by atoms with Crippen LogP contribution in [0.4, 0.5) is 10.1 Å². The molecule has 5 nitrogen and oxygen atoms in total. The number of hydrogen-bond acceptors (Lipinski definition) is 3. The number of nitrogens with zero attached hydrogens (tertiary/aromatic N) is 2. The van der Waals surface area contributed by atoms with Gasteiger partial charge in [-0.3, -0.25) is 14.5 Å². The topological polar surface area (TPSA) is 52.7 Å². The molecule has 1 saturated carbocycles. The molecule has 2 amide bonds. The molecular weight excluding hydrogens is 297 g/mol. The van der Waals surface area contributed by atoms with Gasteiger partial charge in [-0.15, -0.1) is 0 Å². The predicted octanol–water partition coefficient (Wildman–Crippen LogP) is 1.71. The van der Waals surface area contributed by atoms with Gasteiger partial charge >= 0.3 is 0 Å². The number of hydrogen-bond donors (Lipinski definition) is 1. The summed E-state index contributed by atoms with van der Waals surface area (Å²) in [4.78, 5) is 28.2. The van der Waals surface area contributed by atoms with E-state index < -0.39 is 0 Å². The maximum absolute atomic E-state index is 12.9. The Morgan fingerprint density at radius 2 is 1.83 bits per heavy atom. The Kier molecular flexibility index (Phi) is 4.91. The smallest absolute Gasteiger partial charge is 0.238 e. The maximum Gasteiger partial charge on any atom is 0.238 e. The monoisotopic (exact) mass is 319 g/mol. The van der Waals surface area contributed by atoms with Crippen LogP contribution in [-0.4, -0.2) is 54.3 Å². The zero-order valence-corrected chi connectivity index (χ0v) is 13.1. The molecule has 1 saturated heterocycles. The van der Waals surface area contributed by atoms with E-state index in [9.17, 15) is 14.0 Å². The molecule has 0 atom stereocenters. The first-order chi connectivity index (χ1) is 11.1. The van der Waals surface area contributed by atoms with Crippen LogP contribution in [0.25, 0.3) is 0 Å². The van der Waals surface area contributed by atoms with E-state index in [1.54, 1.807) is 12.1 Å². The Morgan fingerprint density at radius 1 is 1.09 bits per heavy atom. The number of halogens is 1. The van der Waals surface area contributed by atoms with Crippen molar-refractivity contribution < 1.29 is 14.0 Å². The molecule has 124 valence electrons. The van der Waals surface area contributed by atoms with E-state index in [0.717, 1.165) is 38.9 Å². The van der Waals surface area contributed by atoms with Gasteiger partial charge in [0.1, 0.15) is 5.82 Å². The molecule has 23 heavy (non-hydrogen) atoms. The van der Waals surface area contributed by atoms with Crippen LogP contribution in [0.2, 0.25) is 0 Å². The fourth-order valence-corrected chi connectivity index (χ4v) is 2.87. The van der Waals surface area contributed by atoms with Crippen molar-refractivity contribution in [2.24, 2.45) is 5.92 Å². The van der Waals surface area contributed by atoms with Crippen LogP contribution in [0.3, 0.4) is 0 Å². The quantitative estimate of drug-likeness (QED) is 0.919. The zero-order valence-electron chi connectivity index (χ0n) is 13.1. The van der Waals surface area contributed by atoms with Crippen molar-refractivity contribution in [3.63, 3.8) is 0 Å². The minimum Gasteiger partial charge on any atom is -0.341 e. The molecule has 0 spiro atoms. The molecule has 6 heteroatoms. The normalized spacial score (nSPS) is 19.3. The molecule has 3 rings (SSSR count). The van der Waals surface area contributed by atoms with Crippen LogP contribution in [0.15, 0.2) is 24.3 Å². The van der Waals surface area contributed by atoms with Crippen LogP contribution in [0.5, 0.6) is 0 Å². The van der Waals surface area contributed by atoms with E-state index >= 15 is 0 Å². The van der Waals surface area contributed by atoms with E-state index in [2.05, 4.69) is 10.2 Å². The summed E-state index contributed by atoms with van der Waals surface area (Å²) in [7, 11) is 0. The third-order valence-corrected chi connectivity index (χ3v) is 4.32. The van der Waals surface area contributed by atoms with Crippen LogP contribution >= 0.6 is 0 Å². The second kappa shape index (κ2) is 7.08. The highest BCUT2D eigenvalue weighted by Gasteiger charge is 2.33. The summed E-state index contributed by atoms with van der Waals surface area (Å²) >= 11 is 0. The first-order valence-electron chi connectivity index (χ1n) is 8.18. The Balaban J connectivity index is 1.46. The van der Waals surface area contributed by atoms with E-state index in [4.69, 9.17) is 0 Å². The molecule has 2 fully saturated rings. The van der Waals surface area contributed by atoms with E-state index in [1.807, 2.05) is 4.90 Å². The average Bonchev–Trinajstić information content (AvgIpc) is 3.36. The van der Waals surface area contributed by atoms with Crippen molar-refractivity contribution in [2.75, 3.05) is 38.0 Å². The highest BCUT2D eigenvalue weighted by Crippen LogP contribution is 2.31. The third-order valence-electron chi connectivity index (χ3n) is 4.32. The second-order valence-electron chi connectivity index (χ2n) is 6.28. The van der Waals surface area contributed by atoms with Gasteiger partial charge in [-0.1, -0.05) is 0 Å². The van der Waals surface area contributed by atoms with Gasteiger partial charge in [0.05, 0.1) is 6.54 Å². The molecule has 1 aromatic carbocycles. The van der Waals surface area contributed by atoms with Crippen molar-refractivity contribution in [1.82, 2.24) is 9.80 Å². The Morgan fingerprint density at radius 3 is 2.52 bits per heavy atom. The van der Waals surface area contributed by atoms with Crippen LogP contribution < -0.4 is 5.32 Å². The summed E-state index contributed by atoms with van der Waals surface area (Å²) in [5.74, 6) is 0.0976. The number of amides is 2. The molecule has 0 unspecified atom stereocenters. The van der Waals surface area contributed by atoms with Crippen molar-refractivity contribution in [1.29, 1.82) is 0 Å². The molecule has 1 N–H and O–H groups in total. The van der Waals surface area contributed by atoms with Crippen LogP contribution in [0.1, 0.15) is 19.3 Å². The number of anilines is 1. The van der Waals surface area contributed by atoms with E-state index in [-0.39, 0.29) is 23.5 Å². The van der Waals surface area contributed by atoms with E-state index in [0.29, 0.717) is 18.8 Å². The van der Waals surface area contributed by atoms with Crippen LogP contribution in [-0.2, 0) is 9.59 Å². The van der Waals surface area contributed by atoms with Gasteiger partial charge in [0.2, 0.25) is 11.8 Å². The van der Waals surface area contributed by atoms with Crippen LogP contribution in [0, 0.1) is 11.7 Å². The summed E-state index contributed by atoms with van der Waals surface area (Å²) in [6.07, 6.45) is 2.94. The highest BCUT2D eigenvalue weighted by molar-refractivity contribution is 5.92. The molecular formula is C17H22FN3O2. The number of carbonyl (C=O) groups is 2. The lowest BCUT2D eigenvalue weighted by molar-refractivity contribution is -0.132. The average molecular weight is 319 g/mol. The third kappa shape index (κ3) is 4.51. The minimum atomic E-state index is -0.323. The summed E-state index contributed by atoms with van der Waals surface area (Å²) in [5, 5.41) is 2.77. The number of benzene rings is 1. The van der Waals surface area contributed by atoms with Crippen molar-refractivity contribution in [3.8, 4) is 0 Å². The van der Waals surface area contributed by atoms with Gasteiger partial charge in [-0.25, -0.2) is 4.39 Å². The SMILES string of the molecule is O=C(CN1CCCN(C(=O)C2CC2)CC1)Nc1ccc(F)cc1. The molecule has 0 bridgehead atoms. The highest BCUT2D eigenvalue weighted by atomic mass is 19.1. The Labute approximate surface area is 135 Å². The molecule has 1 aliphatic carbocycles. The maximum atomic E-state index is 12.9. The van der Waals surface area contributed by atoms with Crippen molar-refractivity contribution in [2.45, 2.75) is 19.3 Å². The molecule has 0 aromatic heterocycles. The lowest BCUT2D eigenvalue weighted by Gasteiger charge is -2.21. The lowest BCUT2D eigenvalue weighted by atomic mass is 10.3. The van der Waals surface area contributed by atoms with Gasteiger partial charge in [0.15, 0.2) is 0 Å². The fourth-order valence-electron chi connectivity index (χ4n) is 2.87. The van der Waals surface area contributed by atoms with Gasteiger partial charge in [-0.05, 0) is 43.5 Å². The molecule has 1 heterocycles. The number of nitrogens with one attached hydrogen (secondary N) is 1. The number of carbonyl (C=O) groups excluding carboxylic acids is 2. The van der Waals surface area contributed by atoms with Gasteiger partial charge < -0.3 is 10.2 Å². The summed E-state index contributed by atoms with van der Waals surface area (Å²) in [6, 6.07) is 5.74. The van der Waals surface area contributed by atoms with Crippen molar-refractivity contribution in [3.05, 3.63) is 30.1 Å². The van der Waals surface area contributed by atoms with Gasteiger partial charge in [0, 0.05) is 37.8 Å². The lowest BCUT2D eigenvalue weighted by Crippen LogP contribution is -2.38. The minimum absolute atomic E-state index is 0.112. The van der Waals surface area contributed by atoms with E-state index in [1.165, 1.54) is 12.1 Å². The zero-order chi connectivity index (χ0) is 16.2.